The Labute approximate surface area is 174 Å². The second-order valence-electron chi connectivity index (χ2n) is 6.07. The molecule has 140 valence electrons. The lowest BCUT2D eigenvalue weighted by Crippen LogP contribution is -2.14. The Bertz CT molecular complexity index is 1300. The monoisotopic (exact) mass is 424 g/mol. The maximum atomic E-state index is 5.82. The van der Waals surface area contributed by atoms with Gasteiger partial charge < -0.3 is 11.5 Å². The van der Waals surface area contributed by atoms with Crippen LogP contribution in [0.1, 0.15) is 0 Å². The zero-order valence-corrected chi connectivity index (χ0v) is 17.5. The molecule has 5 rings (SSSR count). The third kappa shape index (κ3) is 4.04. The molecule has 0 saturated carbocycles. The molecule has 0 fully saturated rings. The molecule has 0 unspecified atom stereocenters. The highest BCUT2D eigenvalue weighted by Crippen LogP contribution is 2.23. The van der Waals surface area contributed by atoms with Crippen molar-refractivity contribution in [1.29, 1.82) is 0 Å². The van der Waals surface area contributed by atoms with Crippen molar-refractivity contribution in [2.45, 2.75) is 0 Å². The Morgan fingerprint density at radius 3 is 2.25 bits per heavy atom. The van der Waals surface area contributed by atoms with Gasteiger partial charge >= 0.3 is 3.98 Å². The summed E-state index contributed by atoms with van der Waals surface area (Å²) in [6, 6.07) is 22.1. The van der Waals surface area contributed by atoms with E-state index in [1.165, 1.54) is 30.6 Å². The maximum Gasteiger partial charge on any atom is 0.320 e. The van der Waals surface area contributed by atoms with Crippen molar-refractivity contribution >= 4 is 70.9 Å². The van der Waals surface area contributed by atoms with E-state index >= 15 is 0 Å². The zero-order chi connectivity index (χ0) is 19.5. The predicted octanol–water partition coefficient (Wildman–Crippen LogP) is 4.55. The highest BCUT2D eigenvalue weighted by molar-refractivity contribution is 7.35. The second-order valence-corrected chi connectivity index (χ2v) is 9.18. The summed E-state index contributed by atoms with van der Waals surface area (Å²) in [7, 11) is 2.10. The lowest BCUT2D eigenvalue weighted by Gasteiger charge is -1.91. The van der Waals surface area contributed by atoms with Gasteiger partial charge in [-0.3, -0.25) is 0 Å². The van der Waals surface area contributed by atoms with Crippen LogP contribution in [0.5, 0.6) is 0 Å². The topological polar surface area (TPSA) is 80.8 Å². The number of rotatable bonds is 1. The first-order chi connectivity index (χ1) is 13.6. The number of benzene rings is 3. The fourth-order valence-electron chi connectivity index (χ4n) is 2.59. The summed E-state index contributed by atoms with van der Waals surface area (Å²) in [6.45, 7) is 0. The fourth-order valence-corrected chi connectivity index (χ4v) is 5.60. The molecule has 0 aliphatic carbocycles. The van der Waals surface area contributed by atoms with Crippen LogP contribution in [0.4, 0.5) is 17.1 Å². The Hall–Kier alpha value is -2.81. The smallest absolute Gasteiger partial charge is 0.320 e. The van der Waals surface area contributed by atoms with E-state index in [-0.39, 0.29) is 0 Å². The summed E-state index contributed by atoms with van der Waals surface area (Å²) in [5.74, 6) is 0. The van der Waals surface area contributed by atoms with Gasteiger partial charge in [0.1, 0.15) is 12.6 Å². The van der Waals surface area contributed by atoms with Gasteiger partial charge in [-0.2, -0.15) is 4.58 Å². The SMILES string of the molecule is C[N+](c1ccccc1)=c1sc2ccc(N)cc2s1.Nc1ccc2snnc2c1. The Morgan fingerprint density at radius 1 is 0.786 bits per heavy atom. The molecular weight excluding hydrogens is 406 g/mol. The van der Waals surface area contributed by atoms with E-state index in [9.17, 15) is 0 Å². The van der Waals surface area contributed by atoms with Gasteiger partial charge in [-0.1, -0.05) is 45.4 Å². The summed E-state index contributed by atoms with van der Waals surface area (Å²) in [5.41, 5.74) is 15.0. The zero-order valence-electron chi connectivity index (χ0n) is 15.1. The third-order valence-corrected chi connectivity index (χ3v) is 7.42. The number of nitrogens with two attached hydrogens (primary N) is 2. The normalized spacial score (nSPS) is 11.9. The average molecular weight is 425 g/mol. The molecule has 0 aliphatic heterocycles. The predicted molar refractivity (Wildman–Crippen MR) is 123 cm³/mol. The van der Waals surface area contributed by atoms with Crippen molar-refractivity contribution in [2.24, 2.45) is 0 Å². The molecule has 0 aliphatic rings. The number of anilines is 2. The van der Waals surface area contributed by atoms with Crippen LogP contribution in [0.25, 0.3) is 19.6 Å². The maximum absolute atomic E-state index is 5.82. The number of para-hydroxylation sites is 1. The van der Waals surface area contributed by atoms with Crippen molar-refractivity contribution in [3.63, 3.8) is 0 Å². The van der Waals surface area contributed by atoms with Crippen molar-refractivity contribution in [2.75, 3.05) is 18.5 Å². The first-order valence-electron chi connectivity index (χ1n) is 8.49. The number of nitrogens with zero attached hydrogens (tertiary/aromatic N) is 3. The fraction of sp³-hybridized carbons (Fsp3) is 0.0500. The Kier molecular flexibility index (Phi) is 5.34. The van der Waals surface area contributed by atoms with Gasteiger partial charge in [0.05, 0.1) is 14.1 Å². The van der Waals surface area contributed by atoms with Crippen molar-refractivity contribution < 1.29 is 0 Å². The lowest BCUT2D eigenvalue weighted by atomic mass is 10.3. The summed E-state index contributed by atoms with van der Waals surface area (Å²) < 4.78 is 10.9. The summed E-state index contributed by atoms with van der Waals surface area (Å²) in [6.07, 6.45) is 0. The Balaban J connectivity index is 0.000000162. The Morgan fingerprint density at radius 2 is 1.46 bits per heavy atom. The minimum atomic E-state index is 0.736. The van der Waals surface area contributed by atoms with E-state index in [4.69, 9.17) is 11.5 Å². The van der Waals surface area contributed by atoms with E-state index in [2.05, 4.69) is 51.5 Å². The largest absolute Gasteiger partial charge is 0.399 e. The molecule has 5 nitrogen and oxygen atoms in total. The molecule has 4 N–H and O–H groups in total. The number of aromatic nitrogens is 2. The molecule has 0 amide bonds. The highest BCUT2D eigenvalue weighted by atomic mass is 32.2. The minimum Gasteiger partial charge on any atom is -0.399 e. The molecule has 8 heteroatoms. The van der Waals surface area contributed by atoms with Crippen LogP contribution in [-0.2, 0) is 0 Å². The molecule has 0 bridgehead atoms. The third-order valence-electron chi connectivity index (χ3n) is 4.05. The van der Waals surface area contributed by atoms with Crippen LogP contribution >= 0.6 is 34.2 Å². The minimum absolute atomic E-state index is 0.736. The number of hydrogen-bond acceptors (Lipinski definition) is 7. The molecule has 0 saturated heterocycles. The van der Waals surface area contributed by atoms with Crippen LogP contribution < -0.4 is 20.0 Å². The first-order valence-corrected chi connectivity index (χ1v) is 10.9. The van der Waals surface area contributed by atoms with Gasteiger partial charge in [0, 0.05) is 23.5 Å². The highest BCUT2D eigenvalue weighted by Gasteiger charge is 2.08. The van der Waals surface area contributed by atoms with Crippen LogP contribution in [-0.4, -0.2) is 16.6 Å². The van der Waals surface area contributed by atoms with Crippen molar-refractivity contribution in [1.82, 2.24) is 14.2 Å². The van der Waals surface area contributed by atoms with E-state index < -0.39 is 0 Å². The van der Waals surface area contributed by atoms with E-state index in [1.54, 1.807) is 22.7 Å². The van der Waals surface area contributed by atoms with E-state index in [0.29, 0.717) is 0 Å². The van der Waals surface area contributed by atoms with E-state index in [1.807, 2.05) is 36.4 Å². The van der Waals surface area contributed by atoms with Crippen LogP contribution in [0.2, 0.25) is 0 Å². The number of hydrogen-bond donors (Lipinski definition) is 2. The van der Waals surface area contributed by atoms with Crippen molar-refractivity contribution in [3.8, 4) is 0 Å². The van der Waals surface area contributed by atoms with Gasteiger partial charge in [-0.15, -0.1) is 5.10 Å². The molecule has 0 atom stereocenters. The first kappa shape index (κ1) is 18.5. The molecule has 2 heterocycles. The molecule has 2 aromatic heterocycles. The quantitative estimate of drug-likeness (QED) is 0.305. The lowest BCUT2D eigenvalue weighted by molar-refractivity contribution is 0.931. The molecule has 0 radical (unpaired) electrons. The molecular formula is C20H18N5S3+. The number of nitrogen functional groups attached to an aromatic ring is 2. The van der Waals surface area contributed by atoms with Crippen molar-refractivity contribution in [3.05, 3.63) is 70.7 Å². The number of fused-ring (bicyclic) bond motifs is 2. The van der Waals surface area contributed by atoms with E-state index in [0.717, 1.165) is 21.6 Å². The van der Waals surface area contributed by atoms with Gasteiger partial charge in [-0.25, -0.2) is 0 Å². The van der Waals surface area contributed by atoms with Gasteiger partial charge in [0.15, 0.2) is 0 Å². The van der Waals surface area contributed by atoms with Gasteiger partial charge in [-0.05, 0) is 47.9 Å². The average Bonchev–Trinajstić information content (AvgIpc) is 3.34. The summed E-state index contributed by atoms with van der Waals surface area (Å²) in [4.78, 5) is 0. The standard InChI is InChI=1S/C14H13N2S2.C6H5N3S/c1-16(11-5-3-2-4-6-11)14-17-12-8-7-10(15)9-13(12)18-14;7-4-1-2-6-5(3-4)8-9-10-6/h2-9H,15H2,1H3;1-3H,7H2/q+1;. The molecule has 5 aromatic rings. The summed E-state index contributed by atoms with van der Waals surface area (Å²) in [5, 5.41) is 3.87. The molecule has 3 aromatic carbocycles. The van der Waals surface area contributed by atoms with Crippen LogP contribution in [0.3, 0.4) is 0 Å². The summed E-state index contributed by atoms with van der Waals surface area (Å²) >= 11 is 4.96. The second kappa shape index (κ2) is 8.05. The molecule has 28 heavy (non-hydrogen) atoms. The molecule has 0 spiro atoms. The van der Waals surface area contributed by atoms with Gasteiger partial charge in [0.2, 0.25) is 5.69 Å². The van der Waals surface area contributed by atoms with Crippen LogP contribution in [0.15, 0.2) is 66.7 Å². The van der Waals surface area contributed by atoms with Crippen LogP contribution in [0, 0.1) is 0 Å². The van der Waals surface area contributed by atoms with Gasteiger partial charge in [0.25, 0.3) is 0 Å².